The van der Waals surface area contributed by atoms with Gasteiger partial charge in [0.15, 0.2) is 0 Å². The Labute approximate surface area is 85.6 Å². The lowest BCUT2D eigenvalue weighted by Crippen LogP contribution is -2.26. The summed E-state index contributed by atoms with van der Waals surface area (Å²) < 4.78 is 5.13. The number of halogens is 1. The highest BCUT2D eigenvalue weighted by Gasteiger charge is 2.20. The van der Waals surface area contributed by atoms with E-state index in [0.717, 1.165) is 25.7 Å². The Kier molecular flexibility index (Phi) is 7.06. The lowest BCUT2D eigenvalue weighted by molar-refractivity contribution is -0.146. The standard InChI is InChI=1S/C10H19ClO2/c1-4-6-9(11)10(7-5-2)13-8(3)12/h9-10H,4-7H2,1-3H3/t9-,10+/m0/s1. The number of carbonyl (C=O) groups is 1. The molecule has 0 aromatic rings. The molecule has 0 saturated carbocycles. The highest BCUT2D eigenvalue weighted by molar-refractivity contribution is 6.21. The molecule has 3 heteroatoms. The Morgan fingerprint density at radius 2 is 1.85 bits per heavy atom. The van der Waals surface area contributed by atoms with Crippen LogP contribution in [0.1, 0.15) is 46.5 Å². The van der Waals surface area contributed by atoms with Crippen molar-refractivity contribution in [3.63, 3.8) is 0 Å². The molecule has 2 atom stereocenters. The summed E-state index contributed by atoms with van der Waals surface area (Å²) >= 11 is 6.09. The zero-order valence-electron chi connectivity index (χ0n) is 8.68. The summed E-state index contributed by atoms with van der Waals surface area (Å²) in [6.45, 7) is 5.57. The normalized spacial score (nSPS) is 15.1. The molecule has 0 N–H and O–H groups in total. The third-order valence-corrected chi connectivity index (χ3v) is 2.36. The number of hydrogen-bond donors (Lipinski definition) is 0. The van der Waals surface area contributed by atoms with Gasteiger partial charge < -0.3 is 4.74 Å². The van der Waals surface area contributed by atoms with Crippen molar-refractivity contribution in [3.05, 3.63) is 0 Å². The molecule has 0 aliphatic carbocycles. The van der Waals surface area contributed by atoms with Crippen molar-refractivity contribution in [2.24, 2.45) is 0 Å². The van der Waals surface area contributed by atoms with Crippen LogP contribution in [0.25, 0.3) is 0 Å². The summed E-state index contributed by atoms with van der Waals surface area (Å²) in [7, 11) is 0. The van der Waals surface area contributed by atoms with Gasteiger partial charge in [-0.2, -0.15) is 0 Å². The minimum Gasteiger partial charge on any atom is -0.461 e. The van der Waals surface area contributed by atoms with Gasteiger partial charge in [-0.25, -0.2) is 0 Å². The van der Waals surface area contributed by atoms with Crippen LogP contribution in [0.2, 0.25) is 0 Å². The van der Waals surface area contributed by atoms with Crippen LogP contribution in [0.15, 0.2) is 0 Å². The molecule has 0 aromatic heterocycles. The van der Waals surface area contributed by atoms with Crippen molar-refractivity contribution >= 4 is 17.6 Å². The zero-order chi connectivity index (χ0) is 10.3. The third-order valence-electron chi connectivity index (χ3n) is 1.86. The SMILES string of the molecule is CCC[C@H](Cl)[C@@H](CCC)OC(C)=O. The molecule has 13 heavy (non-hydrogen) atoms. The number of ether oxygens (including phenoxy) is 1. The van der Waals surface area contributed by atoms with Gasteiger partial charge in [-0.05, 0) is 12.8 Å². The average molecular weight is 207 g/mol. The van der Waals surface area contributed by atoms with Crippen molar-refractivity contribution in [1.29, 1.82) is 0 Å². The Balaban J connectivity index is 3.97. The quantitative estimate of drug-likeness (QED) is 0.493. The molecule has 0 bridgehead atoms. The maximum absolute atomic E-state index is 10.8. The number of rotatable bonds is 6. The second kappa shape index (κ2) is 7.19. The number of hydrogen-bond acceptors (Lipinski definition) is 2. The molecule has 0 radical (unpaired) electrons. The molecule has 0 aliphatic heterocycles. The largest absolute Gasteiger partial charge is 0.461 e. The Hall–Kier alpha value is -0.240. The fourth-order valence-corrected chi connectivity index (χ4v) is 1.67. The van der Waals surface area contributed by atoms with E-state index in [2.05, 4.69) is 13.8 Å². The molecule has 0 spiro atoms. The predicted molar refractivity (Wildman–Crippen MR) is 55.0 cm³/mol. The fourth-order valence-electron chi connectivity index (χ4n) is 1.27. The van der Waals surface area contributed by atoms with Crippen molar-refractivity contribution < 1.29 is 9.53 Å². The number of esters is 1. The minimum absolute atomic E-state index is 0.0335. The molecule has 0 amide bonds. The molecule has 0 fully saturated rings. The van der Waals surface area contributed by atoms with E-state index in [9.17, 15) is 4.79 Å². The first-order valence-corrected chi connectivity index (χ1v) is 5.36. The Morgan fingerprint density at radius 3 is 2.23 bits per heavy atom. The summed E-state index contributed by atoms with van der Waals surface area (Å²) in [5.74, 6) is -0.236. The third kappa shape index (κ3) is 5.92. The second-order valence-electron chi connectivity index (χ2n) is 3.24. The first kappa shape index (κ1) is 12.8. The Morgan fingerprint density at radius 1 is 1.31 bits per heavy atom. The zero-order valence-corrected chi connectivity index (χ0v) is 9.43. The minimum atomic E-state index is -0.236. The van der Waals surface area contributed by atoms with Crippen LogP contribution in [-0.2, 0) is 9.53 Å². The van der Waals surface area contributed by atoms with Crippen molar-refractivity contribution in [2.75, 3.05) is 0 Å². The number of carbonyl (C=O) groups excluding carboxylic acids is 1. The molecule has 0 aromatic carbocycles. The van der Waals surface area contributed by atoms with Gasteiger partial charge in [0.05, 0.1) is 5.38 Å². The highest BCUT2D eigenvalue weighted by Crippen LogP contribution is 2.17. The molecule has 2 nitrogen and oxygen atoms in total. The van der Waals surface area contributed by atoms with Crippen LogP contribution in [0.4, 0.5) is 0 Å². The van der Waals surface area contributed by atoms with Crippen LogP contribution in [-0.4, -0.2) is 17.5 Å². The Bertz CT molecular complexity index is 148. The van der Waals surface area contributed by atoms with Crippen LogP contribution < -0.4 is 0 Å². The smallest absolute Gasteiger partial charge is 0.302 e. The van der Waals surface area contributed by atoms with Gasteiger partial charge in [0, 0.05) is 6.92 Å². The van der Waals surface area contributed by atoms with Crippen molar-refractivity contribution in [3.8, 4) is 0 Å². The summed E-state index contributed by atoms with van der Waals surface area (Å²) in [4.78, 5) is 10.8. The van der Waals surface area contributed by atoms with Gasteiger partial charge in [-0.15, -0.1) is 11.6 Å². The van der Waals surface area contributed by atoms with Gasteiger partial charge in [0.1, 0.15) is 6.10 Å². The topological polar surface area (TPSA) is 26.3 Å². The molecule has 0 saturated heterocycles. The molecule has 0 unspecified atom stereocenters. The molecule has 0 rings (SSSR count). The van der Waals surface area contributed by atoms with Crippen molar-refractivity contribution in [1.82, 2.24) is 0 Å². The van der Waals surface area contributed by atoms with Crippen molar-refractivity contribution in [2.45, 2.75) is 57.9 Å². The first-order valence-electron chi connectivity index (χ1n) is 4.93. The molecule has 78 valence electrons. The predicted octanol–water partition coefficient (Wildman–Crippen LogP) is 3.13. The van der Waals surface area contributed by atoms with Gasteiger partial charge in [0.2, 0.25) is 0 Å². The average Bonchev–Trinajstić information content (AvgIpc) is 2.03. The monoisotopic (exact) mass is 206 g/mol. The molecule has 0 aliphatic rings. The van der Waals surface area contributed by atoms with E-state index in [0.29, 0.717) is 0 Å². The van der Waals surface area contributed by atoms with E-state index in [1.165, 1.54) is 6.92 Å². The molecular formula is C10H19ClO2. The maximum atomic E-state index is 10.8. The summed E-state index contributed by atoms with van der Waals surface area (Å²) in [5, 5.41) is -0.0335. The van der Waals surface area contributed by atoms with Crippen LogP contribution in [0.5, 0.6) is 0 Å². The van der Waals surface area contributed by atoms with E-state index in [-0.39, 0.29) is 17.5 Å². The summed E-state index contributed by atoms with van der Waals surface area (Å²) in [6.07, 6.45) is 3.66. The van der Waals surface area contributed by atoms with E-state index < -0.39 is 0 Å². The molecule has 0 heterocycles. The van der Waals surface area contributed by atoms with Crippen LogP contribution in [0, 0.1) is 0 Å². The lowest BCUT2D eigenvalue weighted by Gasteiger charge is -2.20. The summed E-state index contributed by atoms with van der Waals surface area (Å²) in [5.41, 5.74) is 0. The molecular weight excluding hydrogens is 188 g/mol. The van der Waals surface area contributed by atoms with Gasteiger partial charge in [0.25, 0.3) is 0 Å². The van der Waals surface area contributed by atoms with Gasteiger partial charge in [-0.1, -0.05) is 26.7 Å². The van der Waals surface area contributed by atoms with E-state index in [1.54, 1.807) is 0 Å². The van der Waals surface area contributed by atoms with E-state index in [4.69, 9.17) is 16.3 Å². The van der Waals surface area contributed by atoms with E-state index in [1.807, 2.05) is 0 Å². The fraction of sp³-hybridized carbons (Fsp3) is 0.900. The summed E-state index contributed by atoms with van der Waals surface area (Å²) in [6, 6.07) is 0. The van der Waals surface area contributed by atoms with Crippen LogP contribution >= 0.6 is 11.6 Å². The highest BCUT2D eigenvalue weighted by atomic mass is 35.5. The lowest BCUT2D eigenvalue weighted by atomic mass is 10.1. The number of alkyl halides is 1. The second-order valence-corrected chi connectivity index (χ2v) is 3.80. The first-order chi connectivity index (χ1) is 6.11. The van der Waals surface area contributed by atoms with Gasteiger partial charge >= 0.3 is 5.97 Å². The van der Waals surface area contributed by atoms with Crippen LogP contribution in [0.3, 0.4) is 0 Å². The maximum Gasteiger partial charge on any atom is 0.302 e. The van der Waals surface area contributed by atoms with E-state index >= 15 is 0 Å². The van der Waals surface area contributed by atoms with Gasteiger partial charge in [-0.3, -0.25) is 4.79 Å².